The summed E-state index contributed by atoms with van der Waals surface area (Å²) in [5.41, 5.74) is 1.19. The Labute approximate surface area is 142 Å². The molecule has 122 valence electrons. The maximum absolute atomic E-state index is 11.2. The summed E-state index contributed by atoms with van der Waals surface area (Å²) in [7, 11) is 0. The van der Waals surface area contributed by atoms with Gasteiger partial charge in [-0.05, 0) is 31.2 Å². The van der Waals surface area contributed by atoms with Gasteiger partial charge in [-0.3, -0.25) is 15.1 Å². The number of benzene rings is 2. The lowest BCUT2D eigenvalue weighted by molar-refractivity contribution is -0.383. The third-order valence-electron chi connectivity index (χ3n) is 3.95. The minimum atomic E-state index is -0.436. The Morgan fingerprint density at radius 3 is 2.52 bits per heavy atom. The summed E-state index contributed by atoms with van der Waals surface area (Å²) in [6.45, 7) is 1.88. The van der Waals surface area contributed by atoms with E-state index in [4.69, 9.17) is 4.74 Å². The van der Waals surface area contributed by atoms with Crippen molar-refractivity contribution in [2.45, 2.75) is 6.92 Å². The van der Waals surface area contributed by atoms with E-state index < -0.39 is 4.92 Å². The molecule has 25 heavy (non-hydrogen) atoms. The molecule has 0 radical (unpaired) electrons. The molecule has 0 spiro atoms. The fourth-order valence-electron chi connectivity index (χ4n) is 2.77. The number of non-ortho nitro benzene ring substituents is 1. The number of fused-ring (bicyclic) bond motifs is 2. The molecule has 2 aromatic carbocycles. The second kappa shape index (κ2) is 5.79. The molecule has 0 amide bonds. The number of pyridine rings is 1. The third kappa shape index (κ3) is 2.51. The highest BCUT2D eigenvalue weighted by molar-refractivity contribution is 5.93. The van der Waals surface area contributed by atoms with E-state index in [0.717, 1.165) is 16.5 Å². The van der Waals surface area contributed by atoms with Gasteiger partial charge < -0.3 is 4.74 Å². The van der Waals surface area contributed by atoms with Gasteiger partial charge in [0, 0.05) is 23.0 Å². The number of aryl methyl sites for hydroxylation is 1. The van der Waals surface area contributed by atoms with Crippen LogP contribution in [0, 0.1) is 17.0 Å². The van der Waals surface area contributed by atoms with E-state index >= 15 is 0 Å². The number of hydrogen-bond acceptors (Lipinski definition) is 6. The Bertz CT molecular complexity index is 1130. The molecule has 0 aliphatic heterocycles. The Morgan fingerprint density at radius 2 is 1.72 bits per heavy atom. The molecule has 2 aromatic heterocycles. The minimum absolute atomic E-state index is 0.0182. The predicted octanol–water partition coefficient (Wildman–Crippen LogP) is 4.19. The first-order valence-electron chi connectivity index (χ1n) is 7.57. The zero-order valence-electron chi connectivity index (χ0n) is 13.2. The number of rotatable bonds is 3. The van der Waals surface area contributed by atoms with Gasteiger partial charge in [0.25, 0.3) is 5.69 Å². The lowest BCUT2D eigenvalue weighted by atomic mass is 10.1. The number of ether oxygens (including phenoxy) is 1. The number of aromatic nitrogens is 3. The van der Waals surface area contributed by atoms with E-state index in [-0.39, 0.29) is 5.69 Å². The standard InChI is InChI=1S/C18H12N4O3/c1-11-12-5-2-3-6-13(12)18(21-20-11)25-16-9-8-15(22(23)24)14-7-4-10-19-17(14)16/h2-10H,1H3. The molecule has 0 unspecified atom stereocenters. The van der Waals surface area contributed by atoms with Gasteiger partial charge in [-0.2, -0.15) is 5.10 Å². The Morgan fingerprint density at radius 1 is 0.960 bits per heavy atom. The highest BCUT2D eigenvalue weighted by Gasteiger charge is 2.17. The summed E-state index contributed by atoms with van der Waals surface area (Å²) in [4.78, 5) is 15.0. The molecule has 7 nitrogen and oxygen atoms in total. The van der Waals surface area contributed by atoms with E-state index in [9.17, 15) is 10.1 Å². The van der Waals surface area contributed by atoms with Crippen LogP contribution in [-0.2, 0) is 0 Å². The number of nitro groups is 1. The van der Waals surface area contributed by atoms with Crippen molar-refractivity contribution in [3.8, 4) is 11.6 Å². The smallest absolute Gasteiger partial charge is 0.279 e. The van der Waals surface area contributed by atoms with Crippen molar-refractivity contribution in [1.82, 2.24) is 15.2 Å². The molecule has 0 bridgehead atoms. The van der Waals surface area contributed by atoms with Gasteiger partial charge in [0.15, 0.2) is 5.75 Å². The molecule has 4 aromatic rings. The average molecular weight is 332 g/mol. The van der Waals surface area contributed by atoms with Crippen molar-refractivity contribution < 1.29 is 9.66 Å². The predicted molar refractivity (Wildman–Crippen MR) is 92.7 cm³/mol. The molecule has 0 atom stereocenters. The molecule has 2 heterocycles. The molecular weight excluding hydrogens is 320 g/mol. The second-order valence-corrected chi connectivity index (χ2v) is 5.48. The summed E-state index contributed by atoms with van der Waals surface area (Å²) >= 11 is 0. The van der Waals surface area contributed by atoms with E-state index in [1.807, 2.05) is 31.2 Å². The quantitative estimate of drug-likeness (QED) is 0.413. The Hall–Kier alpha value is -3.61. The average Bonchev–Trinajstić information content (AvgIpc) is 2.64. The monoisotopic (exact) mass is 332 g/mol. The summed E-state index contributed by atoms with van der Waals surface area (Å²) in [5.74, 6) is 0.728. The highest BCUT2D eigenvalue weighted by atomic mass is 16.6. The van der Waals surface area contributed by atoms with Crippen LogP contribution in [0.2, 0.25) is 0 Å². The Balaban J connectivity index is 1.89. The first kappa shape index (κ1) is 14.9. The van der Waals surface area contributed by atoms with Crippen molar-refractivity contribution in [3.05, 3.63) is 70.5 Å². The molecule has 0 saturated carbocycles. The van der Waals surface area contributed by atoms with E-state index in [2.05, 4.69) is 15.2 Å². The molecule has 0 fully saturated rings. The first-order chi connectivity index (χ1) is 12.1. The molecule has 7 heteroatoms. The van der Waals surface area contributed by atoms with Crippen LogP contribution >= 0.6 is 0 Å². The topological polar surface area (TPSA) is 91.0 Å². The molecule has 4 rings (SSSR count). The lowest BCUT2D eigenvalue weighted by Gasteiger charge is -2.10. The lowest BCUT2D eigenvalue weighted by Crippen LogP contribution is -1.97. The maximum atomic E-state index is 11.2. The van der Waals surface area contributed by atoms with Crippen LogP contribution in [0.25, 0.3) is 21.7 Å². The largest absolute Gasteiger partial charge is 0.435 e. The number of nitro benzene ring substituents is 1. The second-order valence-electron chi connectivity index (χ2n) is 5.48. The molecule has 0 saturated heterocycles. The van der Waals surface area contributed by atoms with Crippen LogP contribution in [0.4, 0.5) is 5.69 Å². The summed E-state index contributed by atoms with van der Waals surface area (Å²) in [6.07, 6.45) is 1.57. The summed E-state index contributed by atoms with van der Waals surface area (Å²) < 4.78 is 5.94. The van der Waals surface area contributed by atoms with Crippen LogP contribution in [0.1, 0.15) is 5.69 Å². The van der Waals surface area contributed by atoms with Crippen molar-refractivity contribution in [1.29, 1.82) is 0 Å². The zero-order chi connectivity index (χ0) is 17.4. The fraction of sp³-hybridized carbons (Fsp3) is 0.0556. The van der Waals surface area contributed by atoms with Gasteiger partial charge in [-0.1, -0.05) is 18.2 Å². The van der Waals surface area contributed by atoms with Crippen LogP contribution in [0.15, 0.2) is 54.7 Å². The van der Waals surface area contributed by atoms with Crippen molar-refractivity contribution in [2.75, 3.05) is 0 Å². The zero-order valence-corrected chi connectivity index (χ0v) is 13.2. The van der Waals surface area contributed by atoms with Gasteiger partial charge >= 0.3 is 0 Å². The van der Waals surface area contributed by atoms with E-state index in [1.54, 1.807) is 18.3 Å². The van der Waals surface area contributed by atoms with Crippen molar-refractivity contribution in [3.63, 3.8) is 0 Å². The van der Waals surface area contributed by atoms with Crippen LogP contribution < -0.4 is 4.74 Å². The molecule has 0 aliphatic carbocycles. The van der Waals surface area contributed by atoms with Gasteiger partial charge in [0.05, 0.1) is 16.0 Å². The number of hydrogen-bond donors (Lipinski definition) is 0. The molecule has 0 N–H and O–H groups in total. The molecule has 0 aliphatic rings. The normalized spacial score (nSPS) is 10.9. The van der Waals surface area contributed by atoms with Crippen molar-refractivity contribution >= 4 is 27.4 Å². The van der Waals surface area contributed by atoms with Gasteiger partial charge in [0.2, 0.25) is 5.88 Å². The van der Waals surface area contributed by atoms with Crippen LogP contribution in [-0.4, -0.2) is 20.1 Å². The number of nitrogens with zero attached hydrogens (tertiary/aromatic N) is 4. The maximum Gasteiger partial charge on any atom is 0.279 e. The summed E-state index contributed by atoms with van der Waals surface area (Å²) in [5, 5.41) is 21.6. The summed E-state index contributed by atoms with van der Waals surface area (Å²) in [6, 6.07) is 13.9. The van der Waals surface area contributed by atoms with Crippen LogP contribution in [0.3, 0.4) is 0 Å². The Kier molecular flexibility index (Phi) is 3.46. The molecular formula is C18H12N4O3. The highest BCUT2D eigenvalue weighted by Crippen LogP contribution is 2.35. The third-order valence-corrected chi connectivity index (χ3v) is 3.95. The van der Waals surface area contributed by atoms with Gasteiger partial charge in [-0.25, -0.2) is 0 Å². The van der Waals surface area contributed by atoms with E-state index in [0.29, 0.717) is 22.5 Å². The van der Waals surface area contributed by atoms with E-state index in [1.165, 1.54) is 12.1 Å². The van der Waals surface area contributed by atoms with Gasteiger partial charge in [0.1, 0.15) is 5.52 Å². The van der Waals surface area contributed by atoms with Gasteiger partial charge in [-0.15, -0.1) is 5.10 Å². The van der Waals surface area contributed by atoms with Crippen LogP contribution in [0.5, 0.6) is 11.6 Å². The fourth-order valence-corrected chi connectivity index (χ4v) is 2.77. The SMILES string of the molecule is Cc1nnc(Oc2ccc([N+](=O)[O-])c3cccnc23)c2ccccc12. The van der Waals surface area contributed by atoms with Crippen molar-refractivity contribution in [2.24, 2.45) is 0 Å². The minimum Gasteiger partial charge on any atom is -0.435 e. The first-order valence-corrected chi connectivity index (χ1v) is 7.57.